The maximum absolute atomic E-state index is 8.58. The Kier molecular flexibility index (Phi) is 6.02. The van der Waals surface area contributed by atoms with Gasteiger partial charge in [0.15, 0.2) is 0 Å². The molecule has 1 aliphatic rings. The Hall–Kier alpha value is -2.28. The number of methoxy groups -OCH3 is 1. The molecule has 0 bridgehead atoms. The molecule has 1 aromatic carbocycles. The van der Waals surface area contributed by atoms with E-state index in [4.69, 9.17) is 19.0 Å². The van der Waals surface area contributed by atoms with E-state index in [9.17, 15) is 0 Å². The fourth-order valence-corrected chi connectivity index (χ4v) is 2.32. The van der Waals surface area contributed by atoms with Gasteiger partial charge in [-0.25, -0.2) is 4.98 Å². The lowest BCUT2D eigenvalue weighted by molar-refractivity contribution is -0.106. The average Bonchev–Trinajstić information content (AvgIpc) is 2.88. The second-order valence-corrected chi connectivity index (χ2v) is 4.76. The van der Waals surface area contributed by atoms with Gasteiger partial charge in [0.05, 0.1) is 25.1 Å². The standard InChI is InChI=1S/C14H18N2O3.CH3NO/c1-17-6-7-18-11-8-12-14-13(9-11)19-5-3-2-4-16(14)10-15-12;2-1-3/h8-10H,2-7H2,1H3;1H,(H2,2,3). The van der Waals surface area contributed by atoms with Gasteiger partial charge in [0.2, 0.25) is 6.41 Å². The highest BCUT2D eigenvalue weighted by atomic mass is 16.5. The number of benzene rings is 1. The third-order valence-electron chi connectivity index (χ3n) is 3.26. The zero-order valence-corrected chi connectivity index (χ0v) is 12.7. The summed E-state index contributed by atoms with van der Waals surface area (Å²) in [6.07, 6.45) is 4.31. The molecule has 7 nitrogen and oxygen atoms in total. The van der Waals surface area contributed by atoms with Gasteiger partial charge >= 0.3 is 0 Å². The van der Waals surface area contributed by atoms with Gasteiger partial charge in [-0.2, -0.15) is 0 Å². The van der Waals surface area contributed by atoms with E-state index in [1.54, 1.807) is 7.11 Å². The Morgan fingerprint density at radius 1 is 1.41 bits per heavy atom. The molecule has 2 N–H and O–H groups in total. The van der Waals surface area contributed by atoms with E-state index in [0.717, 1.165) is 48.5 Å². The Morgan fingerprint density at radius 2 is 2.23 bits per heavy atom. The molecule has 0 spiro atoms. The largest absolute Gasteiger partial charge is 0.491 e. The van der Waals surface area contributed by atoms with Crippen molar-refractivity contribution in [2.24, 2.45) is 5.73 Å². The fraction of sp³-hybridized carbons (Fsp3) is 0.467. The minimum Gasteiger partial charge on any atom is -0.491 e. The summed E-state index contributed by atoms with van der Waals surface area (Å²) in [4.78, 5) is 13.0. The third-order valence-corrected chi connectivity index (χ3v) is 3.26. The van der Waals surface area contributed by atoms with Gasteiger partial charge in [-0.15, -0.1) is 0 Å². The zero-order valence-electron chi connectivity index (χ0n) is 12.7. The van der Waals surface area contributed by atoms with Crippen molar-refractivity contribution in [3.05, 3.63) is 18.5 Å². The molecule has 22 heavy (non-hydrogen) atoms. The normalized spacial score (nSPS) is 13.3. The summed E-state index contributed by atoms with van der Waals surface area (Å²) in [6, 6.07) is 3.90. The molecule has 0 saturated heterocycles. The van der Waals surface area contributed by atoms with Gasteiger partial charge < -0.3 is 24.5 Å². The maximum atomic E-state index is 8.58. The Morgan fingerprint density at radius 3 is 3.00 bits per heavy atom. The molecule has 2 heterocycles. The molecule has 0 saturated carbocycles. The molecule has 0 aliphatic carbocycles. The molecule has 7 heteroatoms. The lowest BCUT2D eigenvalue weighted by Gasteiger charge is -2.15. The minimum absolute atomic E-state index is 0.250. The summed E-state index contributed by atoms with van der Waals surface area (Å²) in [7, 11) is 1.66. The predicted molar refractivity (Wildman–Crippen MR) is 82.1 cm³/mol. The highest BCUT2D eigenvalue weighted by molar-refractivity contribution is 5.84. The van der Waals surface area contributed by atoms with E-state index in [2.05, 4.69) is 15.3 Å². The lowest BCUT2D eigenvalue weighted by Crippen LogP contribution is -2.08. The number of aromatic nitrogens is 2. The van der Waals surface area contributed by atoms with Crippen molar-refractivity contribution in [2.45, 2.75) is 19.4 Å². The van der Waals surface area contributed by atoms with Crippen LogP contribution in [-0.4, -0.2) is 42.9 Å². The van der Waals surface area contributed by atoms with Crippen LogP contribution in [0.2, 0.25) is 0 Å². The first-order valence-corrected chi connectivity index (χ1v) is 7.19. The number of nitrogens with two attached hydrogens (primary N) is 1. The van der Waals surface area contributed by atoms with Crippen molar-refractivity contribution in [3.63, 3.8) is 0 Å². The number of carbonyl (C=O) groups excluding carboxylic acids is 1. The number of imidazole rings is 1. The summed E-state index contributed by atoms with van der Waals surface area (Å²) >= 11 is 0. The van der Waals surface area contributed by atoms with Crippen LogP contribution < -0.4 is 15.2 Å². The number of primary amides is 1. The van der Waals surface area contributed by atoms with E-state index >= 15 is 0 Å². The number of nitrogens with zero attached hydrogens (tertiary/aromatic N) is 2. The van der Waals surface area contributed by atoms with Crippen molar-refractivity contribution in [3.8, 4) is 11.5 Å². The van der Waals surface area contributed by atoms with Crippen molar-refractivity contribution >= 4 is 17.4 Å². The number of rotatable bonds is 4. The number of amides is 1. The second-order valence-electron chi connectivity index (χ2n) is 4.76. The Balaban J connectivity index is 0.000000545. The van der Waals surface area contributed by atoms with Gasteiger partial charge in [-0.3, -0.25) is 4.79 Å². The number of hydrogen-bond donors (Lipinski definition) is 1. The van der Waals surface area contributed by atoms with E-state index in [-0.39, 0.29) is 6.41 Å². The van der Waals surface area contributed by atoms with Crippen LogP contribution in [0.4, 0.5) is 0 Å². The smallest absolute Gasteiger partial charge is 0.204 e. The van der Waals surface area contributed by atoms with Crippen molar-refractivity contribution in [1.82, 2.24) is 9.55 Å². The van der Waals surface area contributed by atoms with Gasteiger partial charge in [0, 0.05) is 25.8 Å². The van der Waals surface area contributed by atoms with Crippen LogP contribution >= 0.6 is 0 Å². The van der Waals surface area contributed by atoms with E-state index in [1.807, 2.05) is 18.5 Å². The van der Waals surface area contributed by atoms with Crippen molar-refractivity contribution in [2.75, 3.05) is 26.9 Å². The number of aryl methyl sites for hydroxylation is 1. The quantitative estimate of drug-likeness (QED) is 0.680. The lowest BCUT2D eigenvalue weighted by atomic mass is 10.2. The van der Waals surface area contributed by atoms with Gasteiger partial charge in [0.25, 0.3) is 0 Å². The SMILES string of the molecule is COCCOc1cc2c3c(c1)ncn3CCCCO2.NC=O. The second kappa shape index (κ2) is 8.23. The monoisotopic (exact) mass is 307 g/mol. The molecule has 1 aromatic heterocycles. The highest BCUT2D eigenvalue weighted by Crippen LogP contribution is 2.32. The van der Waals surface area contributed by atoms with Crippen LogP contribution in [0.5, 0.6) is 11.5 Å². The number of hydrogen-bond acceptors (Lipinski definition) is 5. The van der Waals surface area contributed by atoms with Crippen LogP contribution in [0.3, 0.4) is 0 Å². The Labute approximate surface area is 129 Å². The predicted octanol–water partition coefficient (Wildman–Crippen LogP) is 1.34. The fourth-order valence-electron chi connectivity index (χ4n) is 2.32. The third kappa shape index (κ3) is 3.88. The van der Waals surface area contributed by atoms with E-state index in [0.29, 0.717) is 13.2 Å². The average molecular weight is 307 g/mol. The Bertz CT molecular complexity index is 612. The number of carbonyl (C=O) groups is 1. The van der Waals surface area contributed by atoms with E-state index < -0.39 is 0 Å². The molecule has 2 aromatic rings. The molecule has 0 radical (unpaired) electrons. The first kappa shape index (κ1) is 16.1. The molecule has 0 fully saturated rings. The summed E-state index contributed by atoms with van der Waals surface area (Å²) in [6.45, 7) is 2.85. The van der Waals surface area contributed by atoms with Crippen molar-refractivity contribution < 1.29 is 19.0 Å². The summed E-state index contributed by atoms with van der Waals surface area (Å²) in [5, 5.41) is 0. The molecule has 1 aliphatic heterocycles. The molecular formula is C15H21N3O4. The van der Waals surface area contributed by atoms with Crippen LogP contribution in [0.15, 0.2) is 18.5 Å². The topological polar surface area (TPSA) is 88.6 Å². The van der Waals surface area contributed by atoms with Crippen LogP contribution in [-0.2, 0) is 16.1 Å². The molecule has 3 rings (SSSR count). The van der Waals surface area contributed by atoms with E-state index in [1.165, 1.54) is 0 Å². The van der Waals surface area contributed by atoms with Crippen molar-refractivity contribution in [1.29, 1.82) is 0 Å². The minimum atomic E-state index is 0.250. The molecule has 0 unspecified atom stereocenters. The summed E-state index contributed by atoms with van der Waals surface area (Å²) in [5.41, 5.74) is 6.16. The maximum Gasteiger partial charge on any atom is 0.204 e. The molecule has 0 atom stereocenters. The van der Waals surface area contributed by atoms with Gasteiger partial charge in [-0.05, 0) is 12.8 Å². The van der Waals surface area contributed by atoms with Crippen LogP contribution in [0.25, 0.3) is 11.0 Å². The molecule has 120 valence electrons. The van der Waals surface area contributed by atoms with Crippen LogP contribution in [0, 0.1) is 0 Å². The summed E-state index contributed by atoms with van der Waals surface area (Å²) in [5.74, 6) is 1.65. The van der Waals surface area contributed by atoms with Gasteiger partial charge in [-0.1, -0.05) is 0 Å². The first-order chi connectivity index (χ1) is 10.8. The van der Waals surface area contributed by atoms with Crippen LogP contribution in [0.1, 0.15) is 12.8 Å². The highest BCUT2D eigenvalue weighted by Gasteiger charge is 2.14. The molecular weight excluding hydrogens is 286 g/mol. The first-order valence-electron chi connectivity index (χ1n) is 7.19. The molecule has 1 amide bonds. The number of ether oxygens (including phenoxy) is 3. The zero-order chi connectivity index (χ0) is 15.8. The summed E-state index contributed by atoms with van der Waals surface area (Å²) < 4.78 is 18.6. The van der Waals surface area contributed by atoms with Gasteiger partial charge in [0.1, 0.15) is 23.6 Å².